The van der Waals surface area contributed by atoms with Gasteiger partial charge < -0.3 is 39.4 Å². The highest BCUT2D eigenvalue weighted by atomic mass is 16.6. The average Bonchev–Trinajstić information content (AvgIpc) is 3.41. The number of rotatable bonds is 16. The van der Waals surface area contributed by atoms with Crippen molar-refractivity contribution in [1.82, 2.24) is 20.1 Å². The Kier molecular flexibility index (Phi) is 12.1. The maximum absolute atomic E-state index is 13.3. The van der Waals surface area contributed by atoms with Gasteiger partial charge in [0.25, 0.3) is 5.56 Å². The van der Waals surface area contributed by atoms with Crippen LogP contribution >= 0.6 is 0 Å². The molecule has 3 aliphatic rings. The molecule has 0 spiro atoms. The minimum Gasteiger partial charge on any atom is -0.495 e. The molecule has 49 heavy (non-hydrogen) atoms. The van der Waals surface area contributed by atoms with Crippen LogP contribution in [-0.4, -0.2) is 95.9 Å². The monoisotopic (exact) mass is 682 g/mol. The zero-order chi connectivity index (χ0) is 35.1. The number of aliphatic carboxylic acids is 1. The summed E-state index contributed by atoms with van der Waals surface area (Å²) in [7, 11) is 1.59. The summed E-state index contributed by atoms with van der Waals surface area (Å²) >= 11 is 0. The van der Waals surface area contributed by atoms with E-state index in [4.69, 9.17) is 14.2 Å². The summed E-state index contributed by atoms with van der Waals surface area (Å²) in [5, 5.41) is 13.1. The third kappa shape index (κ3) is 9.26. The van der Waals surface area contributed by atoms with Crippen LogP contribution in [0, 0.1) is 11.3 Å². The number of fused-ring (bicyclic) bond motifs is 1. The van der Waals surface area contributed by atoms with Gasteiger partial charge in [0, 0.05) is 18.5 Å². The fourth-order valence-corrected chi connectivity index (χ4v) is 7.28. The Morgan fingerprint density at radius 1 is 1.06 bits per heavy atom. The van der Waals surface area contributed by atoms with E-state index < -0.39 is 29.6 Å². The first-order valence-corrected chi connectivity index (χ1v) is 18.1. The van der Waals surface area contributed by atoms with Crippen molar-refractivity contribution >= 4 is 28.9 Å². The van der Waals surface area contributed by atoms with Crippen LogP contribution in [0.2, 0.25) is 0 Å². The predicted octanol–water partition coefficient (Wildman–Crippen LogP) is 5.11. The molecular weight excluding hydrogens is 628 g/mol. The van der Waals surface area contributed by atoms with Crippen molar-refractivity contribution < 1.29 is 33.7 Å². The lowest BCUT2D eigenvalue weighted by molar-refractivity contribution is -0.150. The van der Waals surface area contributed by atoms with Gasteiger partial charge in [-0.3, -0.25) is 9.59 Å². The maximum atomic E-state index is 13.3. The first kappa shape index (κ1) is 36.5. The largest absolute Gasteiger partial charge is 0.495 e. The average molecular weight is 683 g/mol. The molecule has 1 aliphatic carbocycles. The van der Waals surface area contributed by atoms with E-state index in [0.717, 1.165) is 63.5 Å². The number of hydrogen-bond donors (Lipinski definition) is 3. The van der Waals surface area contributed by atoms with Gasteiger partial charge in [-0.15, -0.1) is 0 Å². The Hall–Kier alpha value is -3.80. The molecule has 0 radical (unpaired) electrons. The van der Waals surface area contributed by atoms with Crippen molar-refractivity contribution in [3.05, 3.63) is 34.1 Å². The van der Waals surface area contributed by atoms with E-state index in [1.807, 2.05) is 39.0 Å². The van der Waals surface area contributed by atoms with E-state index in [1.165, 1.54) is 17.7 Å². The number of unbranched alkanes of at least 4 members (excludes halogenated alkanes) is 2. The fraction of sp³-hybridized carbons (Fsp3) is 0.676. The third-order valence-electron chi connectivity index (χ3n) is 10.2. The Balaban J connectivity index is 1.09. The first-order chi connectivity index (χ1) is 23.5. The number of carboxylic acid groups (broad SMARTS) is 1. The van der Waals surface area contributed by atoms with E-state index >= 15 is 0 Å². The van der Waals surface area contributed by atoms with Crippen molar-refractivity contribution in [2.45, 2.75) is 110 Å². The van der Waals surface area contributed by atoms with Crippen LogP contribution in [0.1, 0.15) is 90.5 Å². The van der Waals surface area contributed by atoms with Crippen molar-refractivity contribution in [1.29, 1.82) is 0 Å². The second-order valence-corrected chi connectivity index (χ2v) is 14.9. The van der Waals surface area contributed by atoms with Crippen LogP contribution in [0.15, 0.2) is 23.0 Å². The quantitative estimate of drug-likeness (QED) is 0.205. The van der Waals surface area contributed by atoms with Gasteiger partial charge in [0.2, 0.25) is 5.91 Å². The summed E-state index contributed by atoms with van der Waals surface area (Å²) in [5.41, 5.74) is 0.541. The molecule has 3 N–H and O–H groups in total. The lowest BCUT2D eigenvalue weighted by atomic mass is 9.85. The lowest BCUT2D eigenvalue weighted by Crippen LogP contribution is -2.56. The molecule has 4 atom stereocenters. The second-order valence-electron chi connectivity index (χ2n) is 14.9. The second kappa shape index (κ2) is 16.3. The molecule has 0 bridgehead atoms. The van der Waals surface area contributed by atoms with Crippen LogP contribution in [0.3, 0.4) is 0 Å². The number of carboxylic acids is 1. The minimum absolute atomic E-state index is 0.150. The van der Waals surface area contributed by atoms with Crippen LogP contribution in [0.4, 0.5) is 4.79 Å². The summed E-state index contributed by atoms with van der Waals surface area (Å²) in [6, 6.07) is 3.96. The highest BCUT2D eigenvalue weighted by molar-refractivity contribution is 5.91. The number of benzene rings is 1. The van der Waals surface area contributed by atoms with Gasteiger partial charge >= 0.3 is 12.1 Å². The van der Waals surface area contributed by atoms with Crippen LogP contribution in [0.5, 0.6) is 11.5 Å². The van der Waals surface area contributed by atoms with Crippen molar-refractivity contribution in [2.24, 2.45) is 11.3 Å². The molecule has 1 saturated carbocycles. The smallest absolute Gasteiger partial charge is 0.408 e. The predicted molar refractivity (Wildman–Crippen MR) is 186 cm³/mol. The van der Waals surface area contributed by atoms with E-state index in [-0.39, 0.29) is 23.5 Å². The molecule has 1 aromatic carbocycles. The number of likely N-dealkylation sites (tertiary alicyclic amines) is 2. The number of hydrogen-bond acceptors (Lipinski definition) is 8. The number of carbonyl (C=O) groups is 3. The Morgan fingerprint density at radius 3 is 2.55 bits per heavy atom. The standard InChI is InChI=1S/C37H54N4O8/c1-37(2,3)32(34(43)41-21-11-16-27(41)35(44)45)39-36(46)49-29-23-24(29)13-6-5-7-14-26-31(48-22-12-20-40-18-8-9-19-40)25-15-10-17-28(47-4)30(25)38-33(26)42/h10,15,17,24,27,29,32H,5-9,11-14,16,18-23H2,1-4H3,(H,38,42)(H,39,46)(H,44,45). The third-order valence-corrected chi connectivity index (χ3v) is 10.2. The van der Waals surface area contributed by atoms with E-state index in [9.17, 15) is 24.3 Å². The van der Waals surface area contributed by atoms with E-state index in [1.54, 1.807) is 7.11 Å². The van der Waals surface area contributed by atoms with Gasteiger partial charge in [-0.1, -0.05) is 39.7 Å². The van der Waals surface area contributed by atoms with Crippen LogP contribution in [0.25, 0.3) is 10.9 Å². The molecule has 2 aliphatic heterocycles. The lowest BCUT2D eigenvalue weighted by Gasteiger charge is -2.34. The molecule has 270 valence electrons. The van der Waals surface area contributed by atoms with Gasteiger partial charge in [0.1, 0.15) is 29.7 Å². The molecule has 2 aromatic rings. The summed E-state index contributed by atoms with van der Waals surface area (Å²) in [6.45, 7) is 9.71. The number of para-hydroxylation sites is 1. The number of nitrogens with one attached hydrogen (secondary N) is 2. The molecule has 3 fully saturated rings. The molecular formula is C37H54N4O8. The number of nitrogens with zero attached hydrogens (tertiary/aromatic N) is 2. The zero-order valence-corrected chi connectivity index (χ0v) is 29.6. The number of H-pyrrole nitrogens is 1. The van der Waals surface area contributed by atoms with Gasteiger partial charge in [-0.2, -0.15) is 0 Å². The number of methoxy groups -OCH3 is 1. The molecule has 5 rings (SSSR count). The highest BCUT2D eigenvalue weighted by Gasteiger charge is 2.44. The van der Waals surface area contributed by atoms with Crippen molar-refractivity contribution in [2.75, 3.05) is 39.9 Å². The topological polar surface area (TPSA) is 150 Å². The van der Waals surface area contributed by atoms with Gasteiger partial charge in [-0.05, 0) is 94.3 Å². The van der Waals surface area contributed by atoms with Gasteiger partial charge in [0.05, 0.1) is 24.8 Å². The number of alkyl carbamates (subject to hydrolysis) is 1. The number of ether oxygens (including phenoxy) is 3. The molecule has 2 saturated heterocycles. The molecule has 1 aromatic heterocycles. The normalized spacial score (nSPS) is 21.5. The minimum atomic E-state index is -1.02. The summed E-state index contributed by atoms with van der Waals surface area (Å²) in [6.07, 6.45) is 8.54. The molecule has 12 nitrogen and oxygen atoms in total. The Labute approximate surface area is 288 Å². The number of pyridine rings is 1. The zero-order valence-electron chi connectivity index (χ0n) is 29.6. The van der Waals surface area contributed by atoms with Crippen LogP contribution in [-0.2, 0) is 20.7 Å². The summed E-state index contributed by atoms with van der Waals surface area (Å²) in [4.78, 5) is 58.0. The fourth-order valence-electron chi connectivity index (χ4n) is 7.28. The molecule has 2 amide bonds. The number of aromatic nitrogens is 1. The van der Waals surface area contributed by atoms with Gasteiger partial charge in [-0.25, -0.2) is 9.59 Å². The van der Waals surface area contributed by atoms with Crippen LogP contribution < -0.4 is 20.3 Å². The van der Waals surface area contributed by atoms with Crippen molar-refractivity contribution in [3.8, 4) is 11.5 Å². The van der Waals surface area contributed by atoms with Crippen molar-refractivity contribution in [3.63, 3.8) is 0 Å². The highest BCUT2D eigenvalue weighted by Crippen LogP contribution is 2.39. The van der Waals surface area contributed by atoms with Gasteiger partial charge in [0.15, 0.2) is 0 Å². The number of carbonyl (C=O) groups excluding carboxylic acids is 2. The SMILES string of the molecule is COc1cccc2c(OCCCN3CCCC3)c(CCCCCC3CC3OC(=O)NC(C(=O)N3CCCC3C(=O)O)C(C)(C)C)c(=O)[nH]c12. The number of aromatic amines is 1. The Bertz CT molecular complexity index is 1530. The summed E-state index contributed by atoms with van der Waals surface area (Å²) < 4.78 is 17.5. The molecule has 12 heteroatoms. The first-order valence-electron chi connectivity index (χ1n) is 18.1. The van der Waals surface area contributed by atoms with E-state index in [0.29, 0.717) is 55.0 Å². The maximum Gasteiger partial charge on any atom is 0.408 e. The van der Waals surface area contributed by atoms with E-state index in [2.05, 4.69) is 15.2 Å². The number of amides is 2. The summed E-state index contributed by atoms with van der Waals surface area (Å²) in [5.74, 6) is 0.105. The molecule has 3 heterocycles. The molecule has 4 unspecified atom stereocenters. The Morgan fingerprint density at radius 2 is 1.84 bits per heavy atom.